The van der Waals surface area contributed by atoms with E-state index in [0.717, 1.165) is 30.6 Å². The van der Waals surface area contributed by atoms with E-state index in [4.69, 9.17) is 0 Å². The van der Waals surface area contributed by atoms with Gasteiger partial charge in [0.15, 0.2) is 0 Å². The van der Waals surface area contributed by atoms with Crippen LogP contribution in [-0.4, -0.2) is 36.0 Å². The van der Waals surface area contributed by atoms with Crippen molar-refractivity contribution in [3.05, 3.63) is 35.4 Å². The van der Waals surface area contributed by atoms with Gasteiger partial charge in [-0.3, -0.25) is 4.79 Å². The van der Waals surface area contributed by atoms with Gasteiger partial charge in [0, 0.05) is 30.7 Å². The van der Waals surface area contributed by atoms with Crippen LogP contribution in [0.3, 0.4) is 0 Å². The molecule has 1 amide bonds. The molecule has 0 saturated carbocycles. The number of hydrogen-bond donors (Lipinski definition) is 1. The van der Waals surface area contributed by atoms with Gasteiger partial charge in [0.1, 0.15) is 0 Å². The van der Waals surface area contributed by atoms with E-state index in [0.29, 0.717) is 12.1 Å². The van der Waals surface area contributed by atoms with Crippen LogP contribution in [0.1, 0.15) is 36.7 Å². The van der Waals surface area contributed by atoms with E-state index in [-0.39, 0.29) is 5.91 Å². The zero-order valence-corrected chi connectivity index (χ0v) is 11.4. The highest BCUT2D eigenvalue weighted by Gasteiger charge is 2.26. The minimum Gasteiger partial charge on any atom is -0.336 e. The summed E-state index contributed by atoms with van der Waals surface area (Å²) in [5.41, 5.74) is 2.00. The third kappa shape index (κ3) is 2.72. The van der Waals surface area contributed by atoms with Gasteiger partial charge < -0.3 is 10.2 Å². The molecule has 3 heteroatoms. The molecule has 2 rings (SSSR count). The monoisotopic (exact) mass is 246 g/mol. The van der Waals surface area contributed by atoms with Gasteiger partial charge in [-0.15, -0.1) is 0 Å². The maximum absolute atomic E-state index is 12.6. The van der Waals surface area contributed by atoms with Crippen LogP contribution in [0.4, 0.5) is 0 Å². The second-order valence-electron chi connectivity index (χ2n) is 5.19. The first-order valence-corrected chi connectivity index (χ1v) is 6.75. The van der Waals surface area contributed by atoms with Gasteiger partial charge in [0.25, 0.3) is 5.91 Å². The van der Waals surface area contributed by atoms with Crippen molar-refractivity contribution in [1.82, 2.24) is 10.2 Å². The van der Waals surface area contributed by atoms with Crippen molar-refractivity contribution in [2.24, 2.45) is 0 Å². The molecule has 1 saturated heterocycles. The Morgan fingerprint density at radius 2 is 1.89 bits per heavy atom. The lowest BCUT2D eigenvalue weighted by atomic mass is 10.0. The Bertz CT molecular complexity index is 420. The molecule has 0 aliphatic carbocycles. The molecule has 0 bridgehead atoms. The topological polar surface area (TPSA) is 32.3 Å². The van der Waals surface area contributed by atoms with Gasteiger partial charge in [0.2, 0.25) is 0 Å². The lowest BCUT2D eigenvalue weighted by Gasteiger charge is -2.36. The van der Waals surface area contributed by atoms with E-state index in [1.54, 1.807) is 0 Å². The first-order chi connectivity index (χ1) is 8.61. The molecular weight excluding hydrogens is 224 g/mol. The molecule has 1 N–H and O–H groups in total. The SMILES string of the molecule is CCc1ccccc1C(=O)N1CC(C)NC(C)C1. The Labute approximate surface area is 109 Å². The molecule has 1 fully saturated rings. The van der Waals surface area contributed by atoms with E-state index in [2.05, 4.69) is 26.1 Å². The molecule has 0 radical (unpaired) electrons. The van der Waals surface area contributed by atoms with Crippen LogP contribution in [-0.2, 0) is 6.42 Å². The number of carbonyl (C=O) groups excluding carboxylic acids is 1. The van der Waals surface area contributed by atoms with Crippen molar-refractivity contribution in [3.63, 3.8) is 0 Å². The average molecular weight is 246 g/mol. The van der Waals surface area contributed by atoms with E-state index >= 15 is 0 Å². The zero-order valence-electron chi connectivity index (χ0n) is 11.4. The minimum atomic E-state index is 0.174. The fraction of sp³-hybridized carbons (Fsp3) is 0.533. The Hall–Kier alpha value is -1.35. The molecule has 1 aromatic rings. The molecule has 18 heavy (non-hydrogen) atoms. The third-order valence-electron chi connectivity index (χ3n) is 3.47. The Morgan fingerprint density at radius 1 is 1.28 bits per heavy atom. The summed E-state index contributed by atoms with van der Waals surface area (Å²) < 4.78 is 0. The molecule has 0 spiro atoms. The van der Waals surface area contributed by atoms with E-state index in [1.807, 2.05) is 29.2 Å². The van der Waals surface area contributed by atoms with Crippen LogP contribution in [0.25, 0.3) is 0 Å². The van der Waals surface area contributed by atoms with Gasteiger partial charge in [-0.1, -0.05) is 25.1 Å². The van der Waals surface area contributed by atoms with Crippen LogP contribution in [0.2, 0.25) is 0 Å². The molecule has 0 aromatic heterocycles. The maximum Gasteiger partial charge on any atom is 0.254 e. The minimum absolute atomic E-state index is 0.174. The van der Waals surface area contributed by atoms with Crippen LogP contribution >= 0.6 is 0 Å². The van der Waals surface area contributed by atoms with Gasteiger partial charge in [-0.25, -0.2) is 0 Å². The zero-order chi connectivity index (χ0) is 13.1. The van der Waals surface area contributed by atoms with Crippen molar-refractivity contribution in [1.29, 1.82) is 0 Å². The van der Waals surface area contributed by atoms with Gasteiger partial charge in [0.05, 0.1) is 0 Å². The lowest BCUT2D eigenvalue weighted by Crippen LogP contribution is -2.55. The molecule has 2 unspecified atom stereocenters. The number of carbonyl (C=O) groups is 1. The van der Waals surface area contributed by atoms with Crippen molar-refractivity contribution in [2.45, 2.75) is 39.3 Å². The third-order valence-corrected chi connectivity index (χ3v) is 3.47. The fourth-order valence-electron chi connectivity index (χ4n) is 2.70. The molecule has 2 atom stereocenters. The van der Waals surface area contributed by atoms with Crippen molar-refractivity contribution < 1.29 is 4.79 Å². The Morgan fingerprint density at radius 3 is 2.50 bits per heavy atom. The molecule has 1 heterocycles. The summed E-state index contributed by atoms with van der Waals surface area (Å²) >= 11 is 0. The molecule has 1 aliphatic rings. The van der Waals surface area contributed by atoms with Crippen LogP contribution in [0.15, 0.2) is 24.3 Å². The van der Waals surface area contributed by atoms with Crippen molar-refractivity contribution >= 4 is 5.91 Å². The smallest absolute Gasteiger partial charge is 0.254 e. The Kier molecular flexibility index (Phi) is 4.02. The number of hydrogen-bond acceptors (Lipinski definition) is 2. The van der Waals surface area contributed by atoms with Crippen LogP contribution in [0.5, 0.6) is 0 Å². The lowest BCUT2D eigenvalue weighted by molar-refractivity contribution is 0.0672. The van der Waals surface area contributed by atoms with Crippen LogP contribution < -0.4 is 5.32 Å². The van der Waals surface area contributed by atoms with E-state index in [9.17, 15) is 4.79 Å². The molecule has 1 aliphatic heterocycles. The fourth-order valence-corrected chi connectivity index (χ4v) is 2.70. The molecule has 1 aromatic carbocycles. The normalized spacial score (nSPS) is 24.1. The average Bonchev–Trinajstić information content (AvgIpc) is 2.36. The van der Waals surface area contributed by atoms with Crippen LogP contribution in [0, 0.1) is 0 Å². The summed E-state index contributed by atoms with van der Waals surface area (Å²) in [7, 11) is 0. The second-order valence-corrected chi connectivity index (χ2v) is 5.19. The number of piperazine rings is 1. The summed E-state index contributed by atoms with van der Waals surface area (Å²) in [6, 6.07) is 8.67. The first kappa shape index (κ1) is 13.1. The highest BCUT2D eigenvalue weighted by Crippen LogP contribution is 2.15. The van der Waals surface area contributed by atoms with Crippen molar-refractivity contribution in [3.8, 4) is 0 Å². The molecule has 3 nitrogen and oxygen atoms in total. The summed E-state index contributed by atoms with van der Waals surface area (Å²) in [5, 5.41) is 3.45. The van der Waals surface area contributed by atoms with Gasteiger partial charge in [-0.05, 0) is 31.9 Å². The highest BCUT2D eigenvalue weighted by atomic mass is 16.2. The number of rotatable bonds is 2. The highest BCUT2D eigenvalue weighted by molar-refractivity contribution is 5.95. The predicted octanol–water partition coefficient (Wildman–Crippen LogP) is 2.07. The van der Waals surface area contributed by atoms with E-state index < -0.39 is 0 Å². The van der Waals surface area contributed by atoms with Gasteiger partial charge in [-0.2, -0.15) is 0 Å². The standard InChI is InChI=1S/C15H22N2O/c1-4-13-7-5-6-8-14(13)15(18)17-9-11(2)16-12(3)10-17/h5-8,11-12,16H,4,9-10H2,1-3H3. The maximum atomic E-state index is 12.6. The quantitative estimate of drug-likeness (QED) is 0.866. The number of aryl methyl sites for hydroxylation is 1. The van der Waals surface area contributed by atoms with Crippen molar-refractivity contribution in [2.75, 3.05) is 13.1 Å². The molecule has 98 valence electrons. The Balaban J connectivity index is 2.20. The number of benzene rings is 1. The second kappa shape index (κ2) is 5.53. The van der Waals surface area contributed by atoms with Gasteiger partial charge >= 0.3 is 0 Å². The first-order valence-electron chi connectivity index (χ1n) is 6.75. The molecular formula is C15H22N2O. The number of nitrogens with zero attached hydrogens (tertiary/aromatic N) is 1. The summed E-state index contributed by atoms with van der Waals surface area (Å²) in [6.07, 6.45) is 0.902. The number of amides is 1. The summed E-state index contributed by atoms with van der Waals surface area (Å²) in [5.74, 6) is 0.174. The number of nitrogens with one attached hydrogen (secondary N) is 1. The largest absolute Gasteiger partial charge is 0.336 e. The predicted molar refractivity (Wildman–Crippen MR) is 73.8 cm³/mol. The van der Waals surface area contributed by atoms with E-state index in [1.165, 1.54) is 0 Å². The summed E-state index contributed by atoms with van der Waals surface area (Å²) in [4.78, 5) is 14.5. The summed E-state index contributed by atoms with van der Waals surface area (Å²) in [6.45, 7) is 7.93.